The van der Waals surface area contributed by atoms with E-state index in [0.29, 0.717) is 35.3 Å². The summed E-state index contributed by atoms with van der Waals surface area (Å²) in [6.45, 7) is 0.817. The van der Waals surface area contributed by atoms with Crippen LogP contribution in [0.1, 0.15) is 35.4 Å². The van der Waals surface area contributed by atoms with Crippen LogP contribution in [-0.2, 0) is 4.79 Å². The summed E-state index contributed by atoms with van der Waals surface area (Å²) >= 11 is 0. The number of nitrogens with two attached hydrogens (primary N) is 1. The first-order valence-electron chi connectivity index (χ1n) is 8.97. The molecule has 4 N–H and O–H groups in total. The number of halogens is 2. The van der Waals surface area contributed by atoms with Crippen molar-refractivity contribution >= 4 is 22.8 Å². The van der Waals surface area contributed by atoms with Crippen molar-refractivity contribution in [1.29, 1.82) is 0 Å². The molecule has 1 unspecified atom stereocenters. The van der Waals surface area contributed by atoms with Gasteiger partial charge in [0.15, 0.2) is 0 Å². The molecule has 2 aromatic rings. The van der Waals surface area contributed by atoms with Crippen molar-refractivity contribution in [2.45, 2.75) is 38.2 Å². The van der Waals surface area contributed by atoms with Crippen molar-refractivity contribution in [2.24, 2.45) is 11.7 Å². The zero-order chi connectivity index (χ0) is 20.5. The average Bonchev–Trinajstić information content (AvgIpc) is 3.14. The summed E-state index contributed by atoms with van der Waals surface area (Å²) in [6.07, 6.45) is 0.748. The van der Waals surface area contributed by atoms with Gasteiger partial charge in [0.05, 0.1) is 24.7 Å². The van der Waals surface area contributed by atoms with Gasteiger partial charge in [-0.2, -0.15) is 0 Å². The Kier molecular flexibility index (Phi) is 5.55. The van der Waals surface area contributed by atoms with Gasteiger partial charge in [-0.05, 0) is 38.0 Å². The van der Waals surface area contributed by atoms with Gasteiger partial charge in [-0.25, -0.2) is 8.78 Å². The molecule has 1 heterocycles. The Morgan fingerprint density at radius 2 is 2.21 bits per heavy atom. The molecule has 152 valence electrons. The number of aliphatic hydroxyl groups excluding tert-OH is 1. The number of carbonyl (C=O) groups is 2. The lowest BCUT2D eigenvalue weighted by atomic mass is 10.1. The minimum absolute atomic E-state index is 0.120. The molecule has 7 nitrogen and oxygen atoms in total. The summed E-state index contributed by atoms with van der Waals surface area (Å²) < 4.78 is 38.6. The average molecular weight is 396 g/mol. The number of primary amides is 1. The van der Waals surface area contributed by atoms with E-state index in [2.05, 4.69) is 5.32 Å². The Labute approximate surface area is 159 Å². The molecule has 1 aromatic heterocycles. The van der Waals surface area contributed by atoms with E-state index in [9.17, 15) is 18.4 Å². The Morgan fingerprint density at radius 3 is 2.82 bits per heavy atom. The molecule has 1 aliphatic rings. The maximum Gasteiger partial charge on any atom is 0.256 e. The van der Waals surface area contributed by atoms with Gasteiger partial charge in [-0.3, -0.25) is 9.59 Å². The van der Waals surface area contributed by atoms with Crippen molar-refractivity contribution in [1.82, 2.24) is 5.32 Å². The van der Waals surface area contributed by atoms with E-state index in [1.807, 2.05) is 0 Å². The highest BCUT2D eigenvalue weighted by Crippen LogP contribution is 2.40. The van der Waals surface area contributed by atoms with Crippen LogP contribution in [0.4, 0.5) is 8.78 Å². The monoisotopic (exact) mass is 396 g/mol. The van der Waals surface area contributed by atoms with Gasteiger partial charge in [-0.1, -0.05) is 0 Å². The minimum Gasteiger partial charge on any atom is -0.493 e. The lowest BCUT2D eigenvalue weighted by molar-refractivity contribution is -0.120. The van der Waals surface area contributed by atoms with Crippen LogP contribution in [-0.4, -0.2) is 42.1 Å². The largest absolute Gasteiger partial charge is 0.493 e. The lowest BCUT2D eigenvalue weighted by Gasteiger charge is -2.19. The Bertz CT molecular complexity index is 896. The Morgan fingerprint density at radius 1 is 1.46 bits per heavy atom. The molecule has 1 aliphatic carbocycles. The van der Waals surface area contributed by atoms with Crippen molar-refractivity contribution < 1.29 is 32.6 Å². The van der Waals surface area contributed by atoms with Gasteiger partial charge >= 0.3 is 0 Å². The lowest BCUT2D eigenvalue weighted by Crippen LogP contribution is -2.46. The summed E-state index contributed by atoms with van der Waals surface area (Å²) in [5, 5.41) is 11.9. The predicted molar refractivity (Wildman–Crippen MR) is 96.3 cm³/mol. The number of hydrogen-bond donors (Lipinski definition) is 3. The van der Waals surface area contributed by atoms with Crippen molar-refractivity contribution in [3.63, 3.8) is 0 Å². The zero-order valence-corrected chi connectivity index (χ0v) is 15.3. The maximum absolute atomic E-state index is 13.8. The van der Waals surface area contributed by atoms with E-state index in [1.54, 1.807) is 19.1 Å². The van der Waals surface area contributed by atoms with E-state index in [-0.39, 0.29) is 18.6 Å². The van der Waals surface area contributed by atoms with E-state index in [0.717, 1.165) is 0 Å². The molecule has 0 spiro atoms. The first-order valence-corrected chi connectivity index (χ1v) is 8.97. The van der Waals surface area contributed by atoms with Crippen LogP contribution in [0, 0.1) is 12.8 Å². The fourth-order valence-corrected chi connectivity index (χ4v) is 3.41. The van der Waals surface area contributed by atoms with Crippen molar-refractivity contribution in [3.05, 3.63) is 29.5 Å². The Hall–Kier alpha value is -2.68. The molecule has 2 atom stereocenters. The molecule has 1 saturated carbocycles. The number of amides is 2. The molecular formula is C19H22F2N2O5. The second-order valence-electron chi connectivity index (χ2n) is 6.96. The van der Waals surface area contributed by atoms with Gasteiger partial charge in [0, 0.05) is 11.8 Å². The van der Waals surface area contributed by atoms with Gasteiger partial charge < -0.3 is 25.3 Å². The number of carbonyl (C=O) groups excluding carboxylic acids is 2. The normalized spacial score (nSPS) is 19.5. The Balaban J connectivity index is 1.82. The van der Waals surface area contributed by atoms with Crippen LogP contribution in [0.2, 0.25) is 0 Å². The number of aliphatic hydroxyl groups is 1. The maximum atomic E-state index is 13.8. The van der Waals surface area contributed by atoms with E-state index >= 15 is 0 Å². The quantitative estimate of drug-likeness (QED) is 0.663. The number of alkyl halides is 2. The standard InChI is InChI=1S/C19H22F2N2O5/c1-10-16(18(26)23-14(8-24)17(22)25)13-7-12(4-5-15(13)28-10)27-9-11-3-2-6-19(11,20)21/h4-5,7,11,14,24H,2-3,6,8-9H2,1H3,(H2,22,25)(H,23,26)/t11?,14-/m0/s1. The molecule has 1 aromatic carbocycles. The topological polar surface area (TPSA) is 115 Å². The molecular weight excluding hydrogens is 374 g/mol. The number of nitrogens with one attached hydrogen (secondary N) is 1. The molecule has 9 heteroatoms. The number of ether oxygens (including phenoxy) is 1. The van der Waals surface area contributed by atoms with Crippen LogP contribution in [0.5, 0.6) is 5.75 Å². The first-order chi connectivity index (χ1) is 13.2. The molecule has 0 aliphatic heterocycles. The molecule has 0 saturated heterocycles. The van der Waals surface area contributed by atoms with Gasteiger partial charge in [-0.15, -0.1) is 0 Å². The molecule has 3 rings (SSSR count). The van der Waals surface area contributed by atoms with E-state index in [4.69, 9.17) is 20.0 Å². The number of rotatable bonds is 7. The van der Waals surface area contributed by atoms with Gasteiger partial charge in [0.1, 0.15) is 23.1 Å². The zero-order valence-electron chi connectivity index (χ0n) is 15.3. The highest BCUT2D eigenvalue weighted by atomic mass is 19.3. The SMILES string of the molecule is Cc1oc2ccc(OCC3CCCC3(F)F)cc2c1C(=O)N[C@@H](CO)C(N)=O. The summed E-state index contributed by atoms with van der Waals surface area (Å²) in [7, 11) is 0. The highest BCUT2D eigenvalue weighted by molar-refractivity contribution is 6.08. The molecule has 1 fully saturated rings. The van der Waals surface area contributed by atoms with Crippen LogP contribution in [0.25, 0.3) is 11.0 Å². The smallest absolute Gasteiger partial charge is 0.256 e. The third kappa shape index (κ3) is 3.94. The van der Waals surface area contributed by atoms with Crippen molar-refractivity contribution in [2.75, 3.05) is 13.2 Å². The molecule has 0 radical (unpaired) electrons. The van der Waals surface area contributed by atoms with E-state index < -0.39 is 36.3 Å². The number of hydrogen-bond acceptors (Lipinski definition) is 5. The van der Waals surface area contributed by atoms with Crippen LogP contribution in [0.3, 0.4) is 0 Å². The molecule has 2 amide bonds. The number of benzene rings is 1. The summed E-state index contributed by atoms with van der Waals surface area (Å²) in [6, 6.07) is 3.46. The molecule has 28 heavy (non-hydrogen) atoms. The third-order valence-electron chi connectivity index (χ3n) is 5.01. The third-order valence-corrected chi connectivity index (χ3v) is 5.01. The van der Waals surface area contributed by atoms with Gasteiger partial charge in [0.2, 0.25) is 5.91 Å². The highest BCUT2D eigenvalue weighted by Gasteiger charge is 2.44. The molecule has 0 bridgehead atoms. The second-order valence-corrected chi connectivity index (χ2v) is 6.96. The minimum atomic E-state index is -2.73. The number of aryl methyl sites for hydroxylation is 1. The number of fused-ring (bicyclic) bond motifs is 1. The van der Waals surface area contributed by atoms with Crippen LogP contribution in [0.15, 0.2) is 22.6 Å². The number of furan rings is 1. The van der Waals surface area contributed by atoms with Crippen LogP contribution < -0.4 is 15.8 Å². The fourth-order valence-electron chi connectivity index (χ4n) is 3.41. The van der Waals surface area contributed by atoms with Gasteiger partial charge in [0.25, 0.3) is 11.8 Å². The van der Waals surface area contributed by atoms with Crippen LogP contribution >= 0.6 is 0 Å². The summed E-state index contributed by atoms with van der Waals surface area (Å²) in [5.41, 5.74) is 5.69. The summed E-state index contributed by atoms with van der Waals surface area (Å²) in [5.74, 6) is -4.45. The second kappa shape index (κ2) is 7.75. The fraction of sp³-hybridized carbons (Fsp3) is 0.474. The first kappa shape index (κ1) is 20.1. The van der Waals surface area contributed by atoms with Crippen molar-refractivity contribution in [3.8, 4) is 5.75 Å². The predicted octanol–water partition coefficient (Wildman–Crippen LogP) is 2.13. The summed E-state index contributed by atoms with van der Waals surface area (Å²) in [4.78, 5) is 23.8. The van der Waals surface area contributed by atoms with E-state index in [1.165, 1.54) is 6.07 Å².